The Morgan fingerprint density at radius 1 is 1.31 bits per heavy atom. The van der Waals surface area contributed by atoms with Crippen LogP contribution >= 0.6 is 11.6 Å². The van der Waals surface area contributed by atoms with Crippen molar-refractivity contribution in [2.45, 2.75) is 45.4 Å². The average Bonchev–Trinajstić information content (AvgIpc) is 2.14. The van der Waals surface area contributed by atoms with E-state index in [9.17, 15) is 5.11 Å². The van der Waals surface area contributed by atoms with E-state index >= 15 is 0 Å². The van der Waals surface area contributed by atoms with Crippen LogP contribution in [0.5, 0.6) is 0 Å². The first-order chi connectivity index (χ1) is 7.29. The number of aliphatic hydroxyl groups is 1. The fraction of sp³-hybridized carbons (Fsp3) is 0.538. The summed E-state index contributed by atoms with van der Waals surface area (Å²) in [6.07, 6.45) is -0.544. The van der Waals surface area contributed by atoms with E-state index in [0.29, 0.717) is 5.02 Å². The molecule has 0 heterocycles. The number of rotatable bonds is 3. The minimum atomic E-state index is -0.544. The Balaban J connectivity index is 2.74. The van der Waals surface area contributed by atoms with Crippen molar-refractivity contribution in [3.8, 4) is 0 Å². The molecule has 1 aromatic carbocycles. The number of halogens is 1. The molecule has 2 nitrogen and oxygen atoms in total. The molecule has 16 heavy (non-hydrogen) atoms. The smallest absolute Gasteiger partial charge is 0.0940 e. The van der Waals surface area contributed by atoms with Gasteiger partial charge in [0.1, 0.15) is 0 Å². The van der Waals surface area contributed by atoms with E-state index in [1.165, 1.54) is 0 Å². The molecule has 90 valence electrons. The van der Waals surface area contributed by atoms with Gasteiger partial charge >= 0.3 is 0 Å². The summed E-state index contributed by atoms with van der Waals surface area (Å²) in [6, 6.07) is 7.33. The van der Waals surface area contributed by atoms with Crippen LogP contribution in [-0.4, -0.2) is 16.7 Å². The zero-order chi connectivity index (χ0) is 12.3. The molecule has 2 atom stereocenters. The molecule has 0 saturated carbocycles. The topological polar surface area (TPSA) is 32.3 Å². The molecule has 0 saturated heterocycles. The maximum absolute atomic E-state index is 10.2. The number of aliphatic hydroxyl groups excluding tert-OH is 1. The first-order valence-electron chi connectivity index (χ1n) is 5.51. The first-order valence-corrected chi connectivity index (χ1v) is 5.88. The van der Waals surface area contributed by atoms with Crippen LogP contribution < -0.4 is 5.32 Å². The first kappa shape index (κ1) is 13.5. The zero-order valence-electron chi connectivity index (χ0n) is 10.3. The Hall–Kier alpha value is -0.570. The summed E-state index contributed by atoms with van der Waals surface area (Å²) < 4.78 is 0. The lowest BCUT2D eigenvalue weighted by molar-refractivity contribution is 0.121. The van der Waals surface area contributed by atoms with Gasteiger partial charge in [-0.25, -0.2) is 0 Å². The third kappa shape index (κ3) is 4.12. The van der Waals surface area contributed by atoms with Crippen molar-refractivity contribution in [1.82, 2.24) is 5.32 Å². The molecule has 0 aliphatic carbocycles. The predicted molar refractivity (Wildman–Crippen MR) is 68.8 cm³/mol. The van der Waals surface area contributed by atoms with E-state index in [4.69, 9.17) is 11.6 Å². The Bertz CT molecular complexity index is 346. The Morgan fingerprint density at radius 3 is 2.44 bits per heavy atom. The summed E-state index contributed by atoms with van der Waals surface area (Å²) in [5.41, 5.74) is 0.829. The lowest BCUT2D eigenvalue weighted by Crippen LogP contribution is -2.44. The summed E-state index contributed by atoms with van der Waals surface area (Å²) in [5.74, 6) is 0. The van der Waals surface area contributed by atoms with Gasteiger partial charge in [0.05, 0.1) is 6.10 Å². The van der Waals surface area contributed by atoms with Crippen LogP contribution in [0, 0.1) is 0 Å². The second-order valence-corrected chi connectivity index (χ2v) is 5.62. The molecular formula is C13H20ClNO. The minimum Gasteiger partial charge on any atom is -0.387 e. The average molecular weight is 242 g/mol. The molecule has 0 aliphatic heterocycles. The van der Waals surface area contributed by atoms with Crippen molar-refractivity contribution in [1.29, 1.82) is 0 Å². The third-order valence-corrected chi connectivity index (χ3v) is 2.56. The van der Waals surface area contributed by atoms with Gasteiger partial charge in [0, 0.05) is 16.6 Å². The molecule has 0 bridgehead atoms. The van der Waals surface area contributed by atoms with Gasteiger partial charge in [0.25, 0.3) is 0 Å². The highest BCUT2D eigenvalue weighted by Crippen LogP contribution is 2.21. The van der Waals surface area contributed by atoms with Crippen LogP contribution in [0.4, 0.5) is 0 Å². The standard InChI is InChI=1S/C13H20ClNO/c1-9(15-13(2,3)4)12(16)10-6-5-7-11(14)8-10/h5-9,12,15-16H,1-4H3/t9?,12-/m0/s1. The lowest BCUT2D eigenvalue weighted by atomic mass is 10.00. The quantitative estimate of drug-likeness (QED) is 0.852. The summed E-state index contributed by atoms with van der Waals surface area (Å²) >= 11 is 5.90. The second kappa shape index (κ2) is 5.17. The molecule has 0 spiro atoms. The highest BCUT2D eigenvalue weighted by Gasteiger charge is 2.21. The molecule has 1 rings (SSSR count). The molecule has 0 aromatic heterocycles. The van der Waals surface area contributed by atoms with Gasteiger partial charge < -0.3 is 10.4 Å². The SMILES string of the molecule is CC(NC(C)(C)C)[C@H](O)c1cccc(Cl)c1. The molecule has 2 N–H and O–H groups in total. The van der Waals surface area contributed by atoms with Crippen molar-refractivity contribution < 1.29 is 5.11 Å². The van der Waals surface area contributed by atoms with Crippen molar-refractivity contribution in [3.05, 3.63) is 34.9 Å². The molecule has 0 amide bonds. The fourth-order valence-corrected chi connectivity index (χ4v) is 1.94. The summed E-state index contributed by atoms with van der Waals surface area (Å²) in [6.45, 7) is 8.20. The van der Waals surface area contributed by atoms with E-state index in [1.54, 1.807) is 12.1 Å². The van der Waals surface area contributed by atoms with E-state index in [0.717, 1.165) is 5.56 Å². The fourth-order valence-electron chi connectivity index (χ4n) is 1.74. The number of benzene rings is 1. The van der Waals surface area contributed by atoms with Gasteiger partial charge in [-0.2, -0.15) is 0 Å². The molecule has 1 unspecified atom stereocenters. The van der Waals surface area contributed by atoms with Crippen LogP contribution in [-0.2, 0) is 0 Å². The van der Waals surface area contributed by atoms with Crippen LogP contribution in [0.2, 0.25) is 5.02 Å². The van der Waals surface area contributed by atoms with Crippen LogP contribution in [0.15, 0.2) is 24.3 Å². The van der Waals surface area contributed by atoms with Crippen molar-refractivity contribution in [2.24, 2.45) is 0 Å². The largest absolute Gasteiger partial charge is 0.387 e. The van der Waals surface area contributed by atoms with Gasteiger partial charge in [0.15, 0.2) is 0 Å². The summed E-state index contributed by atoms with van der Waals surface area (Å²) in [5, 5.41) is 14.2. The molecule has 3 heteroatoms. The van der Waals surface area contributed by atoms with Gasteiger partial charge in [-0.05, 0) is 45.4 Å². The monoisotopic (exact) mass is 241 g/mol. The van der Waals surface area contributed by atoms with Crippen LogP contribution in [0.3, 0.4) is 0 Å². The van der Waals surface area contributed by atoms with Gasteiger partial charge in [-0.3, -0.25) is 0 Å². The molecule has 0 radical (unpaired) electrons. The van der Waals surface area contributed by atoms with E-state index < -0.39 is 6.10 Å². The Kier molecular flexibility index (Phi) is 4.36. The van der Waals surface area contributed by atoms with Gasteiger partial charge in [0.2, 0.25) is 0 Å². The van der Waals surface area contributed by atoms with Crippen LogP contribution in [0.1, 0.15) is 39.4 Å². The van der Waals surface area contributed by atoms with E-state index in [2.05, 4.69) is 26.1 Å². The maximum atomic E-state index is 10.2. The summed E-state index contributed by atoms with van der Waals surface area (Å²) in [7, 11) is 0. The van der Waals surface area contributed by atoms with Crippen molar-refractivity contribution >= 4 is 11.6 Å². The molecule has 0 fully saturated rings. The number of hydrogen-bond donors (Lipinski definition) is 2. The third-order valence-electron chi connectivity index (χ3n) is 2.32. The van der Waals surface area contributed by atoms with E-state index in [1.807, 2.05) is 19.1 Å². The van der Waals surface area contributed by atoms with Crippen LogP contribution in [0.25, 0.3) is 0 Å². The lowest BCUT2D eigenvalue weighted by Gasteiger charge is -2.29. The maximum Gasteiger partial charge on any atom is 0.0940 e. The Labute approximate surface area is 103 Å². The van der Waals surface area contributed by atoms with Gasteiger partial charge in [-0.15, -0.1) is 0 Å². The minimum absolute atomic E-state index is 0.0149. The zero-order valence-corrected chi connectivity index (χ0v) is 11.0. The van der Waals surface area contributed by atoms with E-state index in [-0.39, 0.29) is 11.6 Å². The summed E-state index contributed by atoms with van der Waals surface area (Å²) in [4.78, 5) is 0. The second-order valence-electron chi connectivity index (χ2n) is 5.18. The molecule has 1 aromatic rings. The molecule has 0 aliphatic rings. The highest BCUT2D eigenvalue weighted by atomic mass is 35.5. The normalized spacial score (nSPS) is 15.9. The number of hydrogen-bond acceptors (Lipinski definition) is 2. The van der Waals surface area contributed by atoms with Crippen molar-refractivity contribution in [3.63, 3.8) is 0 Å². The predicted octanol–water partition coefficient (Wildman–Crippen LogP) is 3.15. The van der Waals surface area contributed by atoms with Crippen molar-refractivity contribution in [2.75, 3.05) is 0 Å². The number of nitrogens with one attached hydrogen (secondary N) is 1. The van der Waals surface area contributed by atoms with Gasteiger partial charge in [-0.1, -0.05) is 23.7 Å². The highest BCUT2D eigenvalue weighted by molar-refractivity contribution is 6.30. The molecular weight excluding hydrogens is 222 g/mol. The Morgan fingerprint density at radius 2 is 1.94 bits per heavy atom.